The van der Waals surface area contributed by atoms with E-state index in [1.165, 1.54) is 38.8 Å². The van der Waals surface area contributed by atoms with Gasteiger partial charge in [0.25, 0.3) is 0 Å². The summed E-state index contributed by atoms with van der Waals surface area (Å²) in [5.41, 5.74) is 0.131. The zero-order valence-corrected chi connectivity index (χ0v) is 15.0. The third-order valence-corrected chi connectivity index (χ3v) is 7.05. The van der Waals surface area contributed by atoms with E-state index in [0.29, 0.717) is 11.8 Å². The van der Waals surface area contributed by atoms with Crippen molar-refractivity contribution in [1.29, 1.82) is 0 Å². The van der Waals surface area contributed by atoms with Gasteiger partial charge in [-0.05, 0) is 63.2 Å². The molecule has 1 N–H and O–H groups in total. The molecule has 0 radical (unpaired) electrons. The summed E-state index contributed by atoms with van der Waals surface area (Å²) in [7, 11) is 0. The highest BCUT2D eigenvalue weighted by Crippen LogP contribution is 2.44. The number of hydrogen-bond donors (Lipinski definition) is 1. The summed E-state index contributed by atoms with van der Waals surface area (Å²) in [5.74, 6) is 3.52. The van der Waals surface area contributed by atoms with E-state index < -0.39 is 0 Å². The van der Waals surface area contributed by atoms with E-state index in [1.54, 1.807) is 0 Å². The third kappa shape index (κ3) is 3.01. The van der Waals surface area contributed by atoms with Crippen molar-refractivity contribution < 1.29 is 5.11 Å². The molecule has 6 atom stereocenters. The molecular formula is C20H35NO. The molecule has 2 nitrogen and oxygen atoms in total. The van der Waals surface area contributed by atoms with Gasteiger partial charge in [0.05, 0.1) is 6.10 Å². The minimum atomic E-state index is -0.111. The Morgan fingerprint density at radius 1 is 1.14 bits per heavy atom. The Hall–Kier alpha value is -0.340. The molecule has 2 fully saturated rings. The van der Waals surface area contributed by atoms with Gasteiger partial charge in [-0.25, -0.2) is 0 Å². The van der Waals surface area contributed by atoms with Crippen LogP contribution < -0.4 is 0 Å². The highest BCUT2D eigenvalue weighted by Gasteiger charge is 2.46. The van der Waals surface area contributed by atoms with Crippen molar-refractivity contribution in [2.75, 3.05) is 13.1 Å². The van der Waals surface area contributed by atoms with E-state index in [1.807, 2.05) is 0 Å². The summed E-state index contributed by atoms with van der Waals surface area (Å²) in [4.78, 5) is 2.70. The molecule has 3 rings (SSSR count). The second kappa shape index (κ2) is 6.28. The molecule has 126 valence electrons. The van der Waals surface area contributed by atoms with Crippen LogP contribution in [-0.2, 0) is 0 Å². The number of fused-ring (bicyclic) bond motifs is 1. The summed E-state index contributed by atoms with van der Waals surface area (Å²) in [6.45, 7) is 11.8. The minimum absolute atomic E-state index is 0.111. The van der Waals surface area contributed by atoms with Crippen LogP contribution in [0.3, 0.4) is 0 Å². The predicted octanol–water partition coefficient (Wildman–Crippen LogP) is 4.10. The van der Waals surface area contributed by atoms with Gasteiger partial charge >= 0.3 is 0 Å². The molecule has 0 amide bonds. The quantitative estimate of drug-likeness (QED) is 0.794. The number of likely N-dealkylation sites (tertiary alicyclic amines) is 1. The minimum Gasteiger partial charge on any atom is -0.393 e. The van der Waals surface area contributed by atoms with Crippen LogP contribution in [0.1, 0.15) is 59.8 Å². The molecule has 0 spiro atoms. The van der Waals surface area contributed by atoms with Gasteiger partial charge < -0.3 is 5.11 Å². The molecule has 0 aromatic rings. The van der Waals surface area contributed by atoms with Gasteiger partial charge in [0.15, 0.2) is 0 Å². The summed E-state index contributed by atoms with van der Waals surface area (Å²) >= 11 is 0. The highest BCUT2D eigenvalue weighted by atomic mass is 16.3. The standard InChI is InChI=1S/C20H35NO/c1-5-15-7-8-16-12-21(13-17(16)11-15)20(3,4)18-9-6-14(2)10-19(18)22/h7-8,14-19,22H,5-6,9-13H2,1-4H3/t14-,15+,16+,17-,18-,19-/m1/s1. The van der Waals surface area contributed by atoms with Crippen molar-refractivity contribution in [3.63, 3.8) is 0 Å². The Morgan fingerprint density at radius 3 is 2.59 bits per heavy atom. The zero-order chi connectivity index (χ0) is 15.9. The summed E-state index contributed by atoms with van der Waals surface area (Å²) in [5, 5.41) is 10.6. The van der Waals surface area contributed by atoms with Gasteiger partial charge in [-0.1, -0.05) is 32.4 Å². The molecule has 3 aliphatic rings. The molecule has 1 saturated carbocycles. The molecule has 1 aliphatic heterocycles. The Balaban J connectivity index is 1.68. The molecular weight excluding hydrogens is 270 g/mol. The van der Waals surface area contributed by atoms with Crippen LogP contribution in [0.25, 0.3) is 0 Å². The van der Waals surface area contributed by atoms with Crippen LogP contribution in [0, 0.1) is 29.6 Å². The fourth-order valence-electron chi connectivity index (χ4n) is 5.31. The molecule has 0 unspecified atom stereocenters. The van der Waals surface area contributed by atoms with Crippen molar-refractivity contribution in [3.8, 4) is 0 Å². The van der Waals surface area contributed by atoms with Crippen LogP contribution in [0.15, 0.2) is 12.2 Å². The highest BCUT2D eigenvalue weighted by molar-refractivity contribution is 5.08. The second-order valence-corrected chi connectivity index (χ2v) is 8.86. The number of allylic oxidation sites excluding steroid dienone is 1. The number of hydrogen-bond acceptors (Lipinski definition) is 2. The molecule has 2 heteroatoms. The third-order valence-electron chi connectivity index (χ3n) is 7.05. The van der Waals surface area contributed by atoms with Crippen molar-refractivity contribution >= 4 is 0 Å². The van der Waals surface area contributed by atoms with Gasteiger partial charge in [0.1, 0.15) is 0 Å². The molecule has 1 saturated heterocycles. The van der Waals surface area contributed by atoms with E-state index in [-0.39, 0.29) is 11.6 Å². The first-order chi connectivity index (χ1) is 10.4. The average molecular weight is 306 g/mol. The van der Waals surface area contributed by atoms with Gasteiger partial charge in [-0.3, -0.25) is 4.90 Å². The Labute approximate surface area is 137 Å². The van der Waals surface area contributed by atoms with Crippen LogP contribution in [0.5, 0.6) is 0 Å². The van der Waals surface area contributed by atoms with E-state index >= 15 is 0 Å². The normalized spacial score (nSPS) is 43.3. The monoisotopic (exact) mass is 305 g/mol. The van der Waals surface area contributed by atoms with Gasteiger partial charge in [-0.15, -0.1) is 0 Å². The zero-order valence-electron chi connectivity index (χ0n) is 15.0. The molecule has 0 bridgehead atoms. The van der Waals surface area contributed by atoms with Crippen molar-refractivity contribution in [2.24, 2.45) is 29.6 Å². The molecule has 2 aliphatic carbocycles. The number of rotatable bonds is 3. The van der Waals surface area contributed by atoms with E-state index in [9.17, 15) is 5.11 Å². The first kappa shape index (κ1) is 16.5. The van der Waals surface area contributed by atoms with Gasteiger partial charge in [0.2, 0.25) is 0 Å². The molecule has 0 aromatic heterocycles. The van der Waals surface area contributed by atoms with Gasteiger partial charge in [-0.2, -0.15) is 0 Å². The molecule has 1 heterocycles. The van der Waals surface area contributed by atoms with Crippen molar-refractivity contribution in [3.05, 3.63) is 12.2 Å². The van der Waals surface area contributed by atoms with Crippen LogP contribution >= 0.6 is 0 Å². The summed E-state index contributed by atoms with van der Waals surface area (Å²) < 4.78 is 0. The van der Waals surface area contributed by atoms with Crippen LogP contribution in [0.4, 0.5) is 0 Å². The fourth-order valence-corrected chi connectivity index (χ4v) is 5.31. The summed E-state index contributed by atoms with van der Waals surface area (Å²) in [6, 6.07) is 0. The van der Waals surface area contributed by atoms with E-state index in [2.05, 4.69) is 44.7 Å². The average Bonchev–Trinajstić information content (AvgIpc) is 2.90. The molecule has 0 aromatic carbocycles. The van der Waals surface area contributed by atoms with Crippen molar-refractivity contribution in [2.45, 2.75) is 71.4 Å². The summed E-state index contributed by atoms with van der Waals surface area (Å²) in [6.07, 6.45) is 11.0. The van der Waals surface area contributed by atoms with E-state index in [0.717, 1.165) is 24.2 Å². The van der Waals surface area contributed by atoms with Crippen molar-refractivity contribution in [1.82, 2.24) is 4.90 Å². The van der Waals surface area contributed by atoms with Crippen LogP contribution in [-0.4, -0.2) is 34.7 Å². The first-order valence-corrected chi connectivity index (χ1v) is 9.53. The fraction of sp³-hybridized carbons (Fsp3) is 0.900. The smallest absolute Gasteiger partial charge is 0.0588 e. The largest absolute Gasteiger partial charge is 0.393 e. The lowest BCUT2D eigenvalue weighted by Gasteiger charge is -2.47. The number of aliphatic hydroxyl groups excluding tert-OH is 1. The number of aliphatic hydroxyl groups is 1. The maximum Gasteiger partial charge on any atom is 0.0588 e. The maximum absolute atomic E-state index is 10.6. The van der Waals surface area contributed by atoms with Crippen LogP contribution in [0.2, 0.25) is 0 Å². The van der Waals surface area contributed by atoms with E-state index in [4.69, 9.17) is 0 Å². The topological polar surface area (TPSA) is 23.5 Å². The Morgan fingerprint density at radius 2 is 1.91 bits per heavy atom. The second-order valence-electron chi connectivity index (χ2n) is 8.86. The first-order valence-electron chi connectivity index (χ1n) is 9.53. The number of nitrogens with zero attached hydrogens (tertiary/aromatic N) is 1. The molecule has 22 heavy (non-hydrogen) atoms. The van der Waals surface area contributed by atoms with Gasteiger partial charge in [0, 0.05) is 24.5 Å². The Bertz CT molecular complexity index is 416. The maximum atomic E-state index is 10.6. The lowest BCUT2D eigenvalue weighted by Crippen LogP contribution is -2.53. The SMILES string of the molecule is CC[C@H]1C=C[C@H]2CN(C(C)(C)[C@@H]3CC[C@@H](C)C[C@H]3O)C[C@H]2C1. The predicted molar refractivity (Wildman–Crippen MR) is 92.7 cm³/mol. The lowest BCUT2D eigenvalue weighted by molar-refractivity contribution is -0.0383. The Kier molecular flexibility index (Phi) is 4.71. The lowest BCUT2D eigenvalue weighted by atomic mass is 9.71.